The summed E-state index contributed by atoms with van der Waals surface area (Å²) in [4.78, 5) is 58.5. The molecule has 0 fully saturated rings. The van der Waals surface area contributed by atoms with Crippen LogP contribution in [-0.2, 0) is 19.2 Å². The Labute approximate surface area is 202 Å². The van der Waals surface area contributed by atoms with E-state index in [4.69, 9.17) is 0 Å². The normalized spacial score (nSPS) is 11.1. The predicted molar refractivity (Wildman–Crippen MR) is 129 cm³/mol. The molecule has 0 saturated carbocycles. The lowest BCUT2D eigenvalue weighted by Crippen LogP contribution is -2.46. The standard InChI is InChI=1S/C22H31N5O6S/c1-15(2)21(32)24-10-6-9-23-17(28)11-25-18(29)12-26-19(30)13-27-20(31)14-34-22(33)16-7-4-3-5-8-16/h3-5,7-8,19,26,30H,1,6,9-14H2,2H3,(H,23,28)(H,24,32)(H,25,29)(H,27,31). The number of amides is 4. The van der Waals surface area contributed by atoms with Crippen LogP contribution >= 0.6 is 11.8 Å². The predicted octanol–water partition coefficient (Wildman–Crippen LogP) is -1.10. The summed E-state index contributed by atoms with van der Waals surface area (Å²) >= 11 is 0.850. The minimum atomic E-state index is -1.19. The molecule has 4 amide bonds. The van der Waals surface area contributed by atoms with Crippen molar-refractivity contribution in [3.8, 4) is 0 Å². The molecular weight excluding hydrogens is 462 g/mol. The average molecular weight is 494 g/mol. The quantitative estimate of drug-likeness (QED) is 0.102. The minimum absolute atomic E-state index is 0.101. The van der Waals surface area contributed by atoms with Gasteiger partial charge in [0.25, 0.3) is 0 Å². The van der Waals surface area contributed by atoms with Crippen LogP contribution in [0, 0.1) is 0 Å². The maximum atomic E-state index is 11.9. The van der Waals surface area contributed by atoms with Crippen LogP contribution in [0.5, 0.6) is 0 Å². The number of benzene rings is 1. The van der Waals surface area contributed by atoms with Gasteiger partial charge in [0.2, 0.25) is 28.7 Å². The molecule has 0 saturated heterocycles. The summed E-state index contributed by atoms with van der Waals surface area (Å²) in [7, 11) is 0. The maximum absolute atomic E-state index is 11.9. The van der Waals surface area contributed by atoms with E-state index >= 15 is 0 Å². The highest BCUT2D eigenvalue weighted by atomic mass is 32.2. The number of rotatable bonds is 15. The molecule has 34 heavy (non-hydrogen) atoms. The molecule has 1 atom stereocenters. The number of hydrogen-bond acceptors (Lipinski definition) is 8. The molecule has 1 aromatic rings. The average Bonchev–Trinajstić information content (AvgIpc) is 2.83. The van der Waals surface area contributed by atoms with Gasteiger partial charge >= 0.3 is 0 Å². The Balaban J connectivity index is 2.08. The molecule has 0 heterocycles. The summed E-state index contributed by atoms with van der Waals surface area (Å²) in [6.45, 7) is 5.17. The van der Waals surface area contributed by atoms with Crippen LogP contribution in [0.3, 0.4) is 0 Å². The summed E-state index contributed by atoms with van der Waals surface area (Å²) in [5.41, 5.74) is 0.899. The molecule has 1 unspecified atom stereocenters. The molecule has 186 valence electrons. The molecule has 0 aliphatic heterocycles. The lowest BCUT2D eigenvalue weighted by Gasteiger charge is -2.13. The highest BCUT2D eigenvalue weighted by molar-refractivity contribution is 8.14. The van der Waals surface area contributed by atoms with Crippen LogP contribution in [0.25, 0.3) is 0 Å². The molecular formula is C22H31N5O6S. The molecule has 11 nitrogen and oxygen atoms in total. The summed E-state index contributed by atoms with van der Waals surface area (Å²) in [6, 6.07) is 8.56. The van der Waals surface area contributed by atoms with Crippen molar-refractivity contribution in [3.05, 3.63) is 48.0 Å². The molecule has 6 N–H and O–H groups in total. The first-order chi connectivity index (χ1) is 16.2. The second kappa shape index (κ2) is 16.4. The van der Waals surface area contributed by atoms with Gasteiger partial charge in [0, 0.05) is 24.2 Å². The Morgan fingerprint density at radius 1 is 0.912 bits per heavy atom. The van der Waals surface area contributed by atoms with Crippen molar-refractivity contribution < 1.29 is 29.1 Å². The fourth-order valence-corrected chi connectivity index (χ4v) is 2.97. The Morgan fingerprint density at radius 2 is 1.56 bits per heavy atom. The van der Waals surface area contributed by atoms with E-state index in [1.807, 2.05) is 0 Å². The van der Waals surface area contributed by atoms with E-state index < -0.39 is 23.9 Å². The molecule has 1 rings (SSSR count). The second-order valence-electron chi connectivity index (χ2n) is 7.16. The fourth-order valence-electron chi connectivity index (χ4n) is 2.31. The van der Waals surface area contributed by atoms with E-state index in [0.29, 0.717) is 30.6 Å². The van der Waals surface area contributed by atoms with Crippen molar-refractivity contribution in [3.63, 3.8) is 0 Å². The van der Waals surface area contributed by atoms with Crippen molar-refractivity contribution in [1.82, 2.24) is 26.6 Å². The maximum Gasteiger partial charge on any atom is 0.246 e. The van der Waals surface area contributed by atoms with Crippen molar-refractivity contribution in [2.75, 3.05) is 38.5 Å². The van der Waals surface area contributed by atoms with Crippen LogP contribution in [0.2, 0.25) is 0 Å². The largest absolute Gasteiger partial charge is 0.377 e. The highest BCUT2D eigenvalue weighted by Crippen LogP contribution is 2.11. The number of aliphatic hydroxyl groups excluding tert-OH is 1. The minimum Gasteiger partial charge on any atom is -0.377 e. The summed E-state index contributed by atoms with van der Waals surface area (Å²) in [6.07, 6.45) is -0.662. The highest BCUT2D eigenvalue weighted by Gasteiger charge is 2.12. The molecule has 0 bridgehead atoms. The lowest BCUT2D eigenvalue weighted by atomic mass is 10.2. The Kier molecular flexibility index (Phi) is 13.9. The van der Waals surface area contributed by atoms with Crippen molar-refractivity contribution in [1.29, 1.82) is 0 Å². The molecule has 0 aliphatic rings. The van der Waals surface area contributed by atoms with Gasteiger partial charge < -0.3 is 26.4 Å². The Morgan fingerprint density at radius 3 is 2.24 bits per heavy atom. The zero-order chi connectivity index (χ0) is 25.3. The van der Waals surface area contributed by atoms with Gasteiger partial charge in [-0.1, -0.05) is 48.7 Å². The lowest BCUT2D eigenvalue weighted by molar-refractivity contribution is -0.126. The summed E-state index contributed by atoms with van der Waals surface area (Å²) < 4.78 is 0. The van der Waals surface area contributed by atoms with Gasteiger partial charge in [0.05, 0.1) is 25.4 Å². The van der Waals surface area contributed by atoms with Crippen LogP contribution in [0.1, 0.15) is 23.7 Å². The number of carbonyl (C=O) groups excluding carboxylic acids is 5. The first kappa shape index (κ1) is 28.8. The molecule has 0 aliphatic carbocycles. The van der Waals surface area contributed by atoms with Crippen LogP contribution in [-0.4, -0.2) is 78.6 Å². The molecule has 1 aromatic carbocycles. The van der Waals surface area contributed by atoms with E-state index in [2.05, 4.69) is 33.2 Å². The van der Waals surface area contributed by atoms with E-state index in [1.165, 1.54) is 0 Å². The second-order valence-corrected chi connectivity index (χ2v) is 8.11. The number of aliphatic hydroxyl groups is 1. The van der Waals surface area contributed by atoms with Gasteiger partial charge in [-0.05, 0) is 13.3 Å². The number of hydrogen-bond donors (Lipinski definition) is 6. The van der Waals surface area contributed by atoms with Crippen molar-refractivity contribution >= 4 is 40.5 Å². The molecule has 0 aromatic heterocycles. The summed E-state index contributed by atoms with van der Waals surface area (Å²) in [5, 5.41) is 22.2. The SMILES string of the molecule is C=C(C)C(=O)NCCCNC(=O)CNC(=O)CNC(O)CNC(=O)CSC(=O)c1ccccc1. The first-order valence-corrected chi connectivity index (χ1v) is 11.5. The van der Waals surface area contributed by atoms with Crippen LogP contribution < -0.4 is 26.6 Å². The zero-order valence-corrected chi connectivity index (χ0v) is 19.8. The van der Waals surface area contributed by atoms with Gasteiger partial charge in [-0.15, -0.1) is 0 Å². The van der Waals surface area contributed by atoms with Gasteiger partial charge in [-0.3, -0.25) is 29.3 Å². The van der Waals surface area contributed by atoms with Crippen LogP contribution in [0.15, 0.2) is 42.5 Å². The van der Waals surface area contributed by atoms with Gasteiger partial charge in [0.1, 0.15) is 6.23 Å². The van der Waals surface area contributed by atoms with Gasteiger partial charge in [0.15, 0.2) is 0 Å². The Bertz CT molecular complexity index is 865. The number of nitrogens with one attached hydrogen (secondary N) is 5. The molecule has 0 radical (unpaired) electrons. The van der Waals surface area contributed by atoms with E-state index in [0.717, 1.165) is 11.8 Å². The molecule has 0 spiro atoms. The Hall–Kier alpha value is -3.22. The van der Waals surface area contributed by atoms with Crippen molar-refractivity contribution in [2.24, 2.45) is 0 Å². The third kappa shape index (κ3) is 13.4. The van der Waals surface area contributed by atoms with Gasteiger partial charge in [-0.25, -0.2) is 0 Å². The van der Waals surface area contributed by atoms with E-state index in [1.54, 1.807) is 37.3 Å². The smallest absolute Gasteiger partial charge is 0.246 e. The topological polar surface area (TPSA) is 166 Å². The van der Waals surface area contributed by atoms with Crippen LogP contribution in [0.4, 0.5) is 0 Å². The third-order valence-electron chi connectivity index (χ3n) is 4.13. The van der Waals surface area contributed by atoms with E-state index in [9.17, 15) is 29.1 Å². The zero-order valence-electron chi connectivity index (χ0n) is 19.0. The number of thioether (sulfide) groups is 1. The third-order valence-corrected chi connectivity index (χ3v) is 5.03. The van der Waals surface area contributed by atoms with E-state index in [-0.39, 0.29) is 36.4 Å². The fraction of sp³-hybridized carbons (Fsp3) is 0.409. The first-order valence-electron chi connectivity index (χ1n) is 10.6. The molecule has 12 heteroatoms. The monoisotopic (exact) mass is 493 g/mol. The summed E-state index contributed by atoms with van der Waals surface area (Å²) in [5.74, 6) is -1.69. The van der Waals surface area contributed by atoms with Crippen molar-refractivity contribution in [2.45, 2.75) is 19.6 Å². The van der Waals surface area contributed by atoms with Gasteiger partial charge in [-0.2, -0.15) is 0 Å². The number of carbonyl (C=O) groups is 5.